The SMILES string of the molecule is O=C(Nc1ccc(F)cc1)[C@@H]1CNCCN1C(=O)c1ccc2c(c1)OCO2. The van der Waals surface area contributed by atoms with Crippen molar-refractivity contribution in [3.8, 4) is 11.5 Å². The summed E-state index contributed by atoms with van der Waals surface area (Å²) in [5, 5.41) is 5.86. The van der Waals surface area contributed by atoms with Gasteiger partial charge in [-0.1, -0.05) is 0 Å². The molecule has 0 spiro atoms. The first-order valence-electron chi connectivity index (χ1n) is 8.59. The number of amides is 2. The zero-order valence-corrected chi connectivity index (χ0v) is 14.4. The molecule has 2 heterocycles. The molecule has 2 amide bonds. The molecule has 140 valence electrons. The Kier molecular flexibility index (Phi) is 4.64. The molecule has 27 heavy (non-hydrogen) atoms. The molecule has 1 fully saturated rings. The quantitative estimate of drug-likeness (QED) is 0.857. The van der Waals surface area contributed by atoms with Gasteiger partial charge in [0.05, 0.1) is 0 Å². The monoisotopic (exact) mass is 371 g/mol. The fraction of sp³-hybridized carbons (Fsp3) is 0.263. The van der Waals surface area contributed by atoms with Gasteiger partial charge in [-0.25, -0.2) is 4.39 Å². The van der Waals surface area contributed by atoms with Crippen LogP contribution in [0.5, 0.6) is 11.5 Å². The minimum atomic E-state index is -0.679. The minimum Gasteiger partial charge on any atom is -0.454 e. The number of piperazine rings is 1. The largest absolute Gasteiger partial charge is 0.454 e. The van der Waals surface area contributed by atoms with Crippen LogP contribution >= 0.6 is 0 Å². The first kappa shape index (κ1) is 17.3. The molecule has 8 heteroatoms. The van der Waals surface area contributed by atoms with Gasteiger partial charge in [0.25, 0.3) is 5.91 Å². The number of ether oxygens (including phenoxy) is 2. The highest BCUT2D eigenvalue weighted by atomic mass is 19.1. The number of benzene rings is 2. The summed E-state index contributed by atoms with van der Waals surface area (Å²) in [7, 11) is 0. The number of halogens is 1. The maximum Gasteiger partial charge on any atom is 0.254 e. The zero-order valence-electron chi connectivity index (χ0n) is 14.4. The van der Waals surface area contributed by atoms with E-state index in [4.69, 9.17) is 9.47 Å². The Bertz CT molecular complexity index is 872. The third-order valence-corrected chi connectivity index (χ3v) is 4.54. The van der Waals surface area contributed by atoms with Crippen molar-refractivity contribution in [2.24, 2.45) is 0 Å². The van der Waals surface area contributed by atoms with Gasteiger partial charge in [0.1, 0.15) is 11.9 Å². The van der Waals surface area contributed by atoms with E-state index in [0.717, 1.165) is 0 Å². The first-order chi connectivity index (χ1) is 13.1. The number of hydrogen-bond acceptors (Lipinski definition) is 5. The fourth-order valence-corrected chi connectivity index (χ4v) is 3.14. The van der Waals surface area contributed by atoms with Gasteiger partial charge in [-0.2, -0.15) is 0 Å². The van der Waals surface area contributed by atoms with Gasteiger partial charge in [-0.15, -0.1) is 0 Å². The van der Waals surface area contributed by atoms with Crippen molar-refractivity contribution in [3.05, 3.63) is 53.8 Å². The maximum atomic E-state index is 13.0. The highest BCUT2D eigenvalue weighted by Crippen LogP contribution is 2.33. The Labute approximate surface area is 155 Å². The maximum absolute atomic E-state index is 13.0. The Morgan fingerprint density at radius 3 is 2.70 bits per heavy atom. The number of carbonyl (C=O) groups excluding carboxylic acids is 2. The second-order valence-electron chi connectivity index (χ2n) is 6.28. The number of nitrogens with zero attached hydrogens (tertiary/aromatic N) is 1. The normalized spacial score (nSPS) is 18.3. The fourth-order valence-electron chi connectivity index (χ4n) is 3.14. The molecular weight excluding hydrogens is 353 g/mol. The van der Waals surface area contributed by atoms with Crippen molar-refractivity contribution in [2.75, 3.05) is 31.7 Å². The Morgan fingerprint density at radius 1 is 1.11 bits per heavy atom. The third kappa shape index (κ3) is 3.56. The Balaban J connectivity index is 1.52. The molecule has 0 aliphatic carbocycles. The number of nitrogens with one attached hydrogen (secondary N) is 2. The van der Waals surface area contributed by atoms with Gasteiger partial charge in [0, 0.05) is 30.9 Å². The highest BCUT2D eigenvalue weighted by molar-refractivity contribution is 6.01. The molecule has 2 aromatic carbocycles. The highest BCUT2D eigenvalue weighted by Gasteiger charge is 2.33. The molecule has 0 saturated carbocycles. The summed E-state index contributed by atoms with van der Waals surface area (Å²) < 4.78 is 23.6. The summed E-state index contributed by atoms with van der Waals surface area (Å²) in [6.07, 6.45) is 0. The number of fused-ring (bicyclic) bond motifs is 1. The molecule has 0 radical (unpaired) electrons. The predicted molar refractivity (Wildman–Crippen MR) is 95.3 cm³/mol. The molecule has 4 rings (SSSR count). The van der Waals surface area contributed by atoms with Crippen LogP contribution in [0.4, 0.5) is 10.1 Å². The third-order valence-electron chi connectivity index (χ3n) is 4.54. The van der Waals surface area contributed by atoms with E-state index < -0.39 is 6.04 Å². The standard InChI is InChI=1S/C19H18FN3O4/c20-13-2-4-14(5-3-13)22-18(24)15-10-21-7-8-23(15)19(25)12-1-6-16-17(9-12)27-11-26-16/h1-6,9,15,21H,7-8,10-11H2,(H,22,24)/t15-/m0/s1. The second-order valence-corrected chi connectivity index (χ2v) is 6.28. The van der Waals surface area contributed by atoms with E-state index in [0.29, 0.717) is 42.4 Å². The molecule has 2 aliphatic heterocycles. The molecule has 2 aromatic rings. The summed E-state index contributed by atoms with van der Waals surface area (Å²) in [4.78, 5) is 27.2. The molecule has 2 N–H and O–H groups in total. The van der Waals surface area contributed by atoms with Crippen molar-refractivity contribution in [3.63, 3.8) is 0 Å². The topological polar surface area (TPSA) is 79.9 Å². The number of rotatable bonds is 3. The van der Waals surface area contributed by atoms with E-state index in [1.807, 2.05) is 0 Å². The van der Waals surface area contributed by atoms with Crippen LogP contribution in [0.15, 0.2) is 42.5 Å². The summed E-state index contributed by atoms with van der Waals surface area (Å²) in [5.74, 6) is 0.143. The second kappa shape index (κ2) is 7.24. The molecular formula is C19H18FN3O4. The summed E-state index contributed by atoms with van der Waals surface area (Å²) >= 11 is 0. The molecule has 1 saturated heterocycles. The lowest BCUT2D eigenvalue weighted by molar-refractivity contribution is -0.121. The van der Waals surface area contributed by atoms with E-state index in [1.54, 1.807) is 18.2 Å². The van der Waals surface area contributed by atoms with Gasteiger partial charge in [0.2, 0.25) is 12.7 Å². The lowest BCUT2D eigenvalue weighted by Gasteiger charge is -2.35. The number of anilines is 1. The van der Waals surface area contributed by atoms with Crippen LogP contribution < -0.4 is 20.1 Å². The summed E-state index contributed by atoms with van der Waals surface area (Å²) in [5.41, 5.74) is 0.906. The molecule has 0 unspecified atom stereocenters. The van der Waals surface area contributed by atoms with Gasteiger partial charge >= 0.3 is 0 Å². The van der Waals surface area contributed by atoms with Gasteiger partial charge in [0.15, 0.2) is 11.5 Å². The van der Waals surface area contributed by atoms with Gasteiger partial charge in [-0.05, 0) is 42.5 Å². The van der Waals surface area contributed by atoms with Crippen LogP contribution in [0.3, 0.4) is 0 Å². The van der Waals surface area contributed by atoms with Crippen molar-refractivity contribution >= 4 is 17.5 Å². The average Bonchev–Trinajstić information content (AvgIpc) is 3.17. The van der Waals surface area contributed by atoms with E-state index >= 15 is 0 Å². The summed E-state index contributed by atoms with van der Waals surface area (Å²) in [6, 6.07) is 9.79. The van der Waals surface area contributed by atoms with Crippen LogP contribution in [0.1, 0.15) is 10.4 Å². The number of hydrogen-bond donors (Lipinski definition) is 2. The van der Waals surface area contributed by atoms with Gasteiger partial charge < -0.3 is 25.0 Å². The van der Waals surface area contributed by atoms with Crippen LogP contribution in [-0.4, -0.2) is 49.2 Å². The van der Waals surface area contributed by atoms with E-state index in [2.05, 4.69) is 10.6 Å². The lowest BCUT2D eigenvalue weighted by atomic mass is 10.1. The Morgan fingerprint density at radius 2 is 1.89 bits per heavy atom. The molecule has 0 bridgehead atoms. The van der Waals surface area contributed by atoms with Crippen LogP contribution in [0.2, 0.25) is 0 Å². The van der Waals surface area contributed by atoms with Crippen molar-refractivity contribution in [1.29, 1.82) is 0 Å². The predicted octanol–water partition coefficient (Wildman–Crippen LogP) is 1.61. The van der Waals surface area contributed by atoms with Crippen LogP contribution in [0.25, 0.3) is 0 Å². The molecule has 1 atom stereocenters. The van der Waals surface area contributed by atoms with Crippen LogP contribution in [0, 0.1) is 5.82 Å². The minimum absolute atomic E-state index is 0.128. The zero-order chi connectivity index (χ0) is 18.8. The number of carbonyl (C=O) groups is 2. The van der Waals surface area contributed by atoms with Crippen molar-refractivity contribution < 1.29 is 23.5 Å². The van der Waals surface area contributed by atoms with E-state index in [1.165, 1.54) is 29.2 Å². The van der Waals surface area contributed by atoms with Crippen molar-refractivity contribution in [1.82, 2.24) is 10.2 Å². The Hall–Kier alpha value is -3.13. The van der Waals surface area contributed by atoms with Gasteiger partial charge in [-0.3, -0.25) is 9.59 Å². The van der Waals surface area contributed by atoms with Crippen molar-refractivity contribution in [2.45, 2.75) is 6.04 Å². The lowest BCUT2D eigenvalue weighted by Crippen LogP contribution is -2.58. The molecule has 7 nitrogen and oxygen atoms in total. The molecule has 0 aromatic heterocycles. The smallest absolute Gasteiger partial charge is 0.254 e. The van der Waals surface area contributed by atoms with E-state index in [9.17, 15) is 14.0 Å². The van der Waals surface area contributed by atoms with Crippen LogP contribution in [-0.2, 0) is 4.79 Å². The summed E-state index contributed by atoms with van der Waals surface area (Å²) in [6.45, 7) is 1.46. The molecule has 2 aliphatic rings. The van der Waals surface area contributed by atoms with E-state index in [-0.39, 0.29) is 24.4 Å². The first-order valence-corrected chi connectivity index (χ1v) is 8.59. The average molecular weight is 371 g/mol.